The first kappa shape index (κ1) is 11.2. The molecule has 0 unspecified atom stereocenters. The van der Waals surface area contributed by atoms with Gasteiger partial charge in [-0.3, -0.25) is 0 Å². The number of anilines is 1. The second-order valence-corrected chi connectivity index (χ2v) is 4.35. The Bertz CT molecular complexity index is 583. The highest BCUT2D eigenvalue weighted by atomic mass is 35.5. The van der Waals surface area contributed by atoms with Gasteiger partial charge in [-0.2, -0.15) is 0 Å². The molecular weight excluding hydrogens is 256 g/mol. The second kappa shape index (κ2) is 4.42. The number of ether oxygens (including phenoxy) is 2. The molecule has 0 saturated carbocycles. The Hall–Kier alpha value is -1.88. The summed E-state index contributed by atoms with van der Waals surface area (Å²) in [5.74, 6) is 1.45. The van der Waals surface area contributed by atoms with Gasteiger partial charge < -0.3 is 19.7 Å². The molecule has 2 N–H and O–H groups in total. The van der Waals surface area contributed by atoms with Crippen molar-refractivity contribution in [2.45, 2.75) is 6.42 Å². The van der Waals surface area contributed by atoms with E-state index in [0.29, 0.717) is 35.3 Å². The molecule has 5 nitrogen and oxygen atoms in total. The molecule has 6 heteroatoms. The number of rotatable bonds is 1. The highest BCUT2D eigenvalue weighted by Crippen LogP contribution is 2.41. The van der Waals surface area contributed by atoms with Crippen LogP contribution in [0.3, 0.4) is 0 Å². The molecule has 1 aliphatic heterocycles. The van der Waals surface area contributed by atoms with E-state index >= 15 is 0 Å². The highest BCUT2D eigenvalue weighted by molar-refractivity contribution is 6.32. The van der Waals surface area contributed by atoms with E-state index in [1.807, 2.05) is 6.07 Å². The van der Waals surface area contributed by atoms with Crippen molar-refractivity contribution >= 4 is 17.5 Å². The van der Waals surface area contributed by atoms with E-state index in [4.69, 9.17) is 31.3 Å². The summed E-state index contributed by atoms with van der Waals surface area (Å²) in [6.45, 7) is 1.20. The van der Waals surface area contributed by atoms with Gasteiger partial charge in [0.2, 0.25) is 5.88 Å². The fourth-order valence-corrected chi connectivity index (χ4v) is 2.12. The molecule has 2 aromatic rings. The third-order valence-electron chi connectivity index (χ3n) is 2.71. The molecule has 1 aromatic heterocycles. The van der Waals surface area contributed by atoms with E-state index in [-0.39, 0.29) is 5.88 Å². The molecule has 0 atom stereocenters. The first-order valence-corrected chi connectivity index (χ1v) is 5.93. The van der Waals surface area contributed by atoms with Gasteiger partial charge in [-0.1, -0.05) is 16.8 Å². The summed E-state index contributed by atoms with van der Waals surface area (Å²) < 4.78 is 16.0. The van der Waals surface area contributed by atoms with Crippen LogP contribution in [0.2, 0.25) is 5.02 Å². The van der Waals surface area contributed by atoms with Crippen LogP contribution in [0.1, 0.15) is 6.42 Å². The first-order chi connectivity index (χ1) is 8.75. The lowest BCUT2D eigenvalue weighted by Crippen LogP contribution is -1.97. The van der Waals surface area contributed by atoms with Crippen LogP contribution in [0.15, 0.2) is 22.9 Å². The van der Waals surface area contributed by atoms with Crippen molar-refractivity contribution in [3.8, 4) is 22.6 Å². The van der Waals surface area contributed by atoms with E-state index in [9.17, 15) is 0 Å². The minimum Gasteiger partial charge on any atom is -0.489 e. The number of nitrogens with two attached hydrogens (primary N) is 1. The van der Waals surface area contributed by atoms with Crippen LogP contribution in [0.25, 0.3) is 11.1 Å². The fourth-order valence-electron chi connectivity index (χ4n) is 1.85. The Morgan fingerprint density at radius 3 is 2.83 bits per heavy atom. The van der Waals surface area contributed by atoms with Crippen molar-refractivity contribution in [3.63, 3.8) is 0 Å². The number of aromatic nitrogens is 1. The molecule has 0 amide bonds. The number of hydrogen-bond donors (Lipinski definition) is 1. The maximum atomic E-state index is 6.19. The van der Waals surface area contributed by atoms with Gasteiger partial charge in [0.05, 0.1) is 30.0 Å². The summed E-state index contributed by atoms with van der Waals surface area (Å²) in [6.07, 6.45) is 2.38. The van der Waals surface area contributed by atoms with Crippen LogP contribution in [-0.2, 0) is 0 Å². The number of halogens is 1. The molecule has 0 bridgehead atoms. The van der Waals surface area contributed by atoms with Gasteiger partial charge in [0.15, 0.2) is 11.5 Å². The summed E-state index contributed by atoms with van der Waals surface area (Å²) in [4.78, 5) is 0. The van der Waals surface area contributed by atoms with Crippen LogP contribution in [-0.4, -0.2) is 18.4 Å². The van der Waals surface area contributed by atoms with Crippen LogP contribution >= 0.6 is 11.6 Å². The summed E-state index contributed by atoms with van der Waals surface area (Å²) in [6, 6.07) is 3.59. The second-order valence-electron chi connectivity index (χ2n) is 3.94. The maximum Gasteiger partial charge on any atom is 0.229 e. The number of benzene rings is 1. The highest BCUT2D eigenvalue weighted by Gasteiger charge is 2.18. The minimum atomic E-state index is 0.251. The zero-order chi connectivity index (χ0) is 12.5. The summed E-state index contributed by atoms with van der Waals surface area (Å²) in [5.41, 5.74) is 7.17. The van der Waals surface area contributed by atoms with E-state index < -0.39 is 0 Å². The third kappa shape index (κ3) is 1.86. The Labute approximate surface area is 108 Å². The SMILES string of the molecule is Nc1oncc1-c1cc(Cl)c2c(c1)OCCCO2. The van der Waals surface area contributed by atoms with Gasteiger partial charge in [0.1, 0.15) is 0 Å². The van der Waals surface area contributed by atoms with E-state index in [1.54, 1.807) is 12.3 Å². The van der Waals surface area contributed by atoms with Crippen molar-refractivity contribution < 1.29 is 14.0 Å². The zero-order valence-corrected chi connectivity index (χ0v) is 10.2. The van der Waals surface area contributed by atoms with Crippen LogP contribution in [0.5, 0.6) is 11.5 Å². The fraction of sp³-hybridized carbons (Fsp3) is 0.250. The Kier molecular flexibility index (Phi) is 2.76. The lowest BCUT2D eigenvalue weighted by atomic mass is 10.1. The lowest BCUT2D eigenvalue weighted by Gasteiger charge is -2.10. The molecule has 3 rings (SSSR count). The van der Waals surface area contributed by atoms with Crippen LogP contribution in [0, 0.1) is 0 Å². The van der Waals surface area contributed by atoms with Crippen molar-refractivity contribution in [1.29, 1.82) is 0 Å². The normalized spacial score (nSPS) is 14.3. The Morgan fingerprint density at radius 1 is 1.22 bits per heavy atom. The van der Waals surface area contributed by atoms with E-state index in [0.717, 1.165) is 12.0 Å². The first-order valence-electron chi connectivity index (χ1n) is 5.55. The molecular formula is C12H11ClN2O3. The largest absolute Gasteiger partial charge is 0.489 e. The predicted octanol–water partition coefficient (Wildman–Crippen LogP) is 2.74. The summed E-state index contributed by atoms with van der Waals surface area (Å²) >= 11 is 6.19. The topological polar surface area (TPSA) is 70.5 Å². The lowest BCUT2D eigenvalue weighted by molar-refractivity contribution is 0.297. The van der Waals surface area contributed by atoms with Crippen molar-refractivity contribution in [1.82, 2.24) is 5.16 Å². The van der Waals surface area contributed by atoms with Gasteiger partial charge in [-0.15, -0.1) is 0 Å². The third-order valence-corrected chi connectivity index (χ3v) is 2.99. The van der Waals surface area contributed by atoms with Gasteiger partial charge in [-0.25, -0.2) is 0 Å². The van der Waals surface area contributed by atoms with Gasteiger partial charge in [-0.05, 0) is 17.7 Å². The standard InChI is InChI=1S/C12H11ClN2O3/c13-9-4-7(8-6-15-18-12(8)14)5-10-11(9)17-3-1-2-16-10/h4-6H,1-3,14H2. The van der Waals surface area contributed by atoms with Gasteiger partial charge in [0.25, 0.3) is 0 Å². The molecule has 0 fully saturated rings. The van der Waals surface area contributed by atoms with E-state index in [2.05, 4.69) is 5.16 Å². The maximum absolute atomic E-state index is 6.19. The van der Waals surface area contributed by atoms with Crippen LogP contribution < -0.4 is 15.2 Å². The van der Waals surface area contributed by atoms with Gasteiger partial charge in [0, 0.05) is 6.42 Å². The monoisotopic (exact) mass is 266 g/mol. The van der Waals surface area contributed by atoms with E-state index in [1.165, 1.54) is 0 Å². The zero-order valence-electron chi connectivity index (χ0n) is 9.48. The quantitative estimate of drug-likeness (QED) is 0.859. The Morgan fingerprint density at radius 2 is 2.06 bits per heavy atom. The minimum absolute atomic E-state index is 0.251. The predicted molar refractivity (Wildman–Crippen MR) is 67.0 cm³/mol. The summed E-state index contributed by atoms with van der Waals surface area (Å²) in [7, 11) is 0. The number of hydrogen-bond acceptors (Lipinski definition) is 5. The molecule has 18 heavy (non-hydrogen) atoms. The number of fused-ring (bicyclic) bond motifs is 1. The molecule has 0 radical (unpaired) electrons. The smallest absolute Gasteiger partial charge is 0.229 e. The summed E-state index contributed by atoms with van der Waals surface area (Å²) in [5, 5.41) is 4.13. The molecule has 1 aromatic carbocycles. The molecule has 0 spiro atoms. The van der Waals surface area contributed by atoms with Crippen molar-refractivity contribution in [3.05, 3.63) is 23.4 Å². The van der Waals surface area contributed by atoms with Crippen LogP contribution in [0.4, 0.5) is 5.88 Å². The number of nitrogens with zero attached hydrogens (tertiary/aromatic N) is 1. The number of nitrogen functional groups attached to an aromatic ring is 1. The molecule has 0 aliphatic carbocycles. The Balaban J connectivity index is 2.11. The molecule has 1 aliphatic rings. The van der Waals surface area contributed by atoms with Crippen molar-refractivity contribution in [2.75, 3.05) is 18.9 Å². The average Bonchev–Trinajstić information content (AvgIpc) is 2.63. The van der Waals surface area contributed by atoms with Crippen molar-refractivity contribution in [2.24, 2.45) is 0 Å². The molecule has 2 heterocycles. The van der Waals surface area contributed by atoms with Gasteiger partial charge >= 0.3 is 0 Å². The molecule has 94 valence electrons. The average molecular weight is 267 g/mol. The molecule has 0 saturated heterocycles.